The van der Waals surface area contributed by atoms with Crippen LogP contribution in [0.5, 0.6) is 5.75 Å². The molecular weight excluding hydrogens is 385 g/mol. The van der Waals surface area contributed by atoms with Crippen molar-refractivity contribution in [1.29, 1.82) is 5.26 Å². The third-order valence-electron chi connectivity index (χ3n) is 5.53. The molecule has 1 atom stereocenters. The van der Waals surface area contributed by atoms with Crippen molar-refractivity contribution in [2.45, 2.75) is 18.9 Å². The van der Waals surface area contributed by atoms with Crippen molar-refractivity contribution < 1.29 is 18.7 Å². The summed E-state index contributed by atoms with van der Waals surface area (Å²) in [4.78, 5) is 29.2. The molecule has 0 spiro atoms. The number of rotatable bonds is 4. The van der Waals surface area contributed by atoms with Gasteiger partial charge < -0.3 is 14.5 Å². The maximum absolute atomic E-state index is 13.7. The van der Waals surface area contributed by atoms with Crippen LogP contribution >= 0.6 is 0 Å². The van der Waals surface area contributed by atoms with Crippen molar-refractivity contribution in [2.75, 3.05) is 21.2 Å². The van der Waals surface area contributed by atoms with Gasteiger partial charge in [-0.25, -0.2) is 4.39 Å². The molecule has 2 aromatic rings. The van der Waals surface area contributed by atoms with Crippen LogP contribution in [0.1, 0.15) is 23.6 Å². The number of hydrogen-bond acceptors (Lipinski definition) is 4. The molecule has 2 amide bonds. The van der Waals surface area contributed by atoms with Gasteiger partial charge in [0.05, 0.1) is 18.7 Å². The molecule has 1 unspecified atom stereocenters. The fourth-order valence-corrected chi connectivity index (χ4v) is 3.59. The van der Waals surface area contributed by atoms with E-state index in [4.69, 9.17) is 4.74 Å². The summed E-state index contributed by atoms with van der Waals surface area (Å²) >= 11 is 0. The number of benzene rings is 2. The van der Waals surface area contributed by atoms with Gasteiger partial charge in [-0.15, -0.1) is 0 Å². The number of methoxy groups -OCH3 is 1. The monoisotopic (exact) mass is 407 g/mol. The quantitative estimate of drug-likeness (QED) is 0.731. The molecule has 0 N–H and O–H groups in total. The molecule has 7 heteroatoms. The van der Waals surface area contributed by atoms with E-state index in [1.165, 1.54) is 36.1 Å². The highest BCUT2D eigenvalue weighted by molar-refractivity contribution is 6.08. The lowest BCUT2D eigenvalue weighted by Gasteiger charge is -2.45. The molecule has 1 aliphatic heterocycles. The van der Waals surface area contributed by atoms with Crippen molar-refractivity contribution >= 4 is 17.9 Å². The van der Waals surface area contributed by atoms with Crippen LogP contribution in [0.2, 0.25) is 0 Å². The van der Waals surface area contributed by atoms with Gasteiger partial charge in [0.1, 0.15) is 11.2 Å². The van der Waals surface area contributed by atoms with E-state index in [0.717, 1.165) is 0 Å². The number of nitrogens with zero attached hydrogens (tertiary/aromatic N) is 3. The number of ether oxygens (including phenoxy) is 1. The van der Waals surface area contributed by atoms with Crippen molar-refractivity contribution in [3.63, 3.8) is 0 Å². The van der Waals surface area contributed by atoms with Crippen LogP contribution in [0.3, 0.4) is 0 Å². The molecule has 1 saturated heterocycles. The molecular formula is C23H22FN3O3. The molecule has 0 aliphatic carbocycles. The highest BCUT2D eigenvalue weighted by Crippen LogP contribution is 2.32. The van der Waals surface area contributed by atoms with Crippen molar-refractivity contribution in [1.82, 2.24) is 9.80 Å². The minimum atomic E-state index is -1.17. The van der Waals surface area contributed by atoms with E-state index in [1.807, 2.05) is 0 Å². The second-order valence-corrected chi connectivity index (χ2v) is 7.38. The first-order valence-electron chi connectivity index (χ1n) is 9.32. The number of carbonyl (C=O) groups is 2. The Balaban J connectivity index is 1.98. The maximum Gasteiger partial charge on any atom is 0.271 e. The zero-order chi connectivity index (χ0) is 22.1. The number of piperazine rings is 1. The Morgan fingerprint density at radius 1 is 1.20 bits per heavy atom. The van der Waals surface area contributed by atoms with E-state index in [0.29, 0.717) is 16.7 Å². The van der Waals surface area contributed by atoms with Gasteiger partial charge in [-0.3, -0.25) is 9.59 Å². The molecule has 0 aromatic heterocycles. The minimum Gasteiger partial charge on any atom is -0.494 e. The minimum absolute atomic E-state index is 0.0791. The Hall–Kier alpha value is -3.66. The van der Waals surface area contributed by atoms with Gasteiger partial charge in [0, 0.05) is 20.5 Å². The third-order valence-corrected chi connectivity index (χ3v) is 5.53. The Morgan fingerprint density at radius 3 is 2.57 bits per heavy atom. The topological polar surface area (TPSA) is 73.6 Å². The average molecular weight is 407 g/mol. The van der Waals surface area contributed by atoms with E-state index in [1.54, 1.807) is 50.4 Å². The highest BCUT2D eigenvalue weighted by atomic mass is 19.1. The molecule has 1 heterocycles. The molecule has 30 heavy (non-hydrogen) atoms. The highest BCUT2D eigenvalue weighted by Gasteiger charge is 2.48. The van der Waals surface area contributed by atoms with E-state index >= 15 is 0 Å². The Bertz CT molecular complexity index is 1090. The van der Waals surface area contributed by atoms with Crippen LogP contribution in [-0.2, 0) is 16.0 Å². The lowest BCUT2D eigenvalue weighted by molar-refractivity contribution is -0.155. The number of amides is 2. The number of hydrogen-bond donors (Lipinski definition) is 0. The van der Waals surface area contributed by atoms with Crippen molar-refractivity contribution in [3.05, 3.63) is 70.7 Å². The number of carbonyl (C=O) groups excluding carboxylic acids is 2. The normalized spacial score (nSPS) is 20.5. The van der Waals surface area contributed by atoms with Crippen LogP contribution in [-0.4, -0.2) is 48.4 Å². The maximum atomic E-state index is 13.7. The molecule has 6 nitrogen and oxygen atoms in total. The summed E-state index contributed by atoms with van der Waals surface area (Å²) in [5, 5.41) is 9.30. The summed E-state index contributed by atoms with van der Waals surface area (Å²) in [6.45, 7) is 1.68. The first-order chi connectivity index (χ1) is 14.2. The molecule has 3 rings (SSSR count). The van der Waals surface area contributed by atoms with Gasteiger partial charge in [0.15, 0.2) is 11.6 Å². The van der Waals surface area contributed by atoms with E-state index in [9.17, 15) is 19.2 Å². The molecule has 1 aliphatic rings. The number of nitriles is 1. The lowest BCUT2D eigenvalue weighted by Crippen LogP contribution is -2.64. The summed E-state index contributed by atoms with van der Waals surface area (Å²) < 4.78 is 18.8. The second kappa shape index (κ2) is 7.99. The zero-order valence-electron chi connectivity index (χ0n) is 17.3. The summed E-state index contributed by atoms with van der Waals surface area (Å²) in [5.74, 6) is -1.05. The van der Waals surface area contributed by atoms with Crippen LogP contribution in [0.15, 0.2) is 48.2 Å². The summed E-state index contributed by atoms with van der Waals surface area (Å²) in [7, 11) is 4.48. The fourth-order valence-electron chi connectivity index (χ4n) is 3.59. The van der Waals surface area contributed by atoms with E-state index in [2.05, 4.69) is 6.07 Å². The van der Waals surface area contributed by atoms with Gasteiger partial charge in [0.2, 0.25) is 0 Å². The molecule has 1 fully saturated rings. The molecule has 2 aromatic carbocycles. The lowest BCUT2D eigenvalue weighted by atomic mass is 9.86. The standard InChI is InChI=1S/C23H22FN3O3/c1-23(13-15-9-10-18(24)20(11-15)30-4)22(29)26(2)19(21(28)27(23)3)12-16-7-5-6-8-17(16)14-25/h5-12H,13H2,1-4H3. The van der Waals surface area contributed by atoms with Gasteiger partial charge in [-0.2, -0.15) is 5.26 Å². The molecule has 0 radical (unpaired) electrons. The van der Waals surface area contributed by atoms with E-state index in [-0.39, 0.29) is 29.7 Å². The first kappa shape index (κ1) is 21.1. The first-order valence-corrected chi connectivity index (χ1v) is 9.32. The Morgan fingerprint density at radius 2 is 1.90 bits per heavy atom. The number of halogens is 1. The second-order valence-electron chi connectivity index (χ2n) is 7.38. The number of likely N-dealkylation sites (N-methyl/N-ethyl adjacent to an activating group) is 2. The van der Waals surface area contributed by atoms with Gasteiger partial charge >= 0.3 is 0 Å². The average Bonchev–Trinajstić information content (AvgIpc) is 2.76. The SMILES string of the molecule is COc1cc(CC2(C)C(=O)N(C)C(=Cc3ccccc3C#N)C(=O)N2C)ccc1F. The van der Waals surface area contributed by atoms with Gasteiger partial charge in [-0.05, 0) is 42.3 Å². The largest absolute Gasteiger partial charge is 0.494 e. The van der Waals surface area contributed by atoms with Gasteiger partial charge in [0.25, 0.3) is 11.8 Å². The summed E-state index contributed by atoms with van der Waals surface area (Å²) in [6.07, 6.45) is 1.74. The predicted octanol–water partition coefficient (Wildman–Crippen LogP) is 2.98. The van der Waals surface area contributed by atoms with Crippen LogP contribution < -0.4 is 4.74 Å². The Kier molecular flexibility index (Phi) is 5.61. The molecule has 0 saturated carbocycles. The Labute approximate surface area is 174 Å². The van der Waals surface area contributed by atoms with Crippen molar-refractivity contribution in [2.24, 2.45) is 0 Å². The fraction of sp³-hybridized carbons (Fsp3) is 0.261. The predicted molar refractivity (Wildman–Crippen MR) is 110 cm³/mol. The molecule has 0 bridgehead atoms. The van der Waals surface area contributed by atoms with E-state index < -0.39 is 11.4 Å². The molecule has 154 valence electrons. The van der Waals surface area contributed by atoms with Crippen LogP contribution in [0.4, 0.5) is 4.39 Å². The third kappa shape index (κ3) is 3.52. The van der Waals surface area contributed by atoms with Crippen molar-refractivity contribution in [3.8, 4) is 11.8 Å². The zero-order valence-corrected chi connectivity index (χ0v) is 17.3. The summed E-state index contributed by atoms with van der Waals surface area (Å²) in [6, 6.07) is 13.3. The summed E-state index contributed by atoms with van der Waals surface area (Å²) in [5.41, 5.74) is 0.649. The van der Waals surface area contributed by atoms with Crippen LogP contribution in [0, 0.1) is 17.1 Å². The smallest absolute Gasteiger partial charge is 0.271 e. The van der Waals surface area contributed by atoms with Gasteiger partial charge in [-0.1, -0.05) is 24.3 Å². The van der Waals surface area contributed by atoms with Crippen LogP contribution in [0.25, 0.3) is 6.08 Å².